The summed E-state index contributed by atoms with van der Waals surface area (Å²) in [6.07, 6.45) is 6.37. The number of alkyl carbamates (subject to hydrolysis) is 1. The largest absolute Gasteiger partial charge is 0.508 e. The van der Waals surface area contributed by atoms with Crippen LogP contribution in [0.15, 0.2) is 48.5 Å². The first-order chi connectivity index (χ1) is 19.9. The number of phenols is 1. The zero-order valence-corrected chi connectivity index (χ0v) is 24.5. The standard InChI is InChI=1S/C32H39N3O7/c1-6-22-10-8-9-11-25(22)28(29(38)33-19-18-27(37)41-7-2)35(23-14-15-23)30(39)26(34-31(40)42-32(3,4)5)20-21-12-16-24(36)17-13-21/h1,8-13,16-17,23,26,28,36H,7,14-15,18-20H2,2-5H3,(H,33,38)(H,34,40). The van der Waals surface area contributed by atoms with Crippen molar-refractivity contribution in [2.24, 2.45) is 0 Å². The van der Waals surface area contributed by atoms with Gasteiger partial charge in [0.2, 0.25) is 11.8 Å². The number of hydrogen-bond acceptors (Lipinski definition) is 7. The van der Waals surface area contributed by atoms with Gasteiger partial charge in [-0.25, -0.2) is 4.79 Å². The number of hydrogen-bond donors (Lipinski definition) is 3. The maximum atomic E-state index is 14.4. The normalized spacial score (nSPS) is 14.1. The molecule has 10 nitrogen and oxygen atoms in total. The summed E-state index contributed by atoms with van der Waals surface area (Å²) >= 11 is 0. The SMILES string of the molecule is C#Cc1ccccc1C(C(=O)NCCC(=O)OCC)N(C(=O)C(Cc1ccc(O)cc1)NC(=O)OC(C)(C)C)C1CC1. The van der Waals surface area contributed by atoms with E-state index in [1.807, 2.05) is 0 Å². The lowest BCUT2D eigenvalue weighted by atomic mass is 9.96. The minimum Gasteiger partial charge on any atom is -0.508 e. The number of aromatic hydroxyl groups is 1. The third kappa shape index (κ3) is 9.26. The number of phenolic OH excluding ortho intramolecular Hbond substituents is 1. The molecule has 2 unspecified atom stereocenters. The maximum absolute atomic E-state index is 14.4. The second kappa shape index (κ2) is 14.4. The zero-order valence-electron chi connectivity index (χ0n) is 24.5. The Bertz CT molecular complexity index is 1310. The summed E-state index contributed by atoms with van der Waals surface area (Å²) in [7, 11) is 0. The van der Waals surface area contributed by atoms with Crippen molar-refractivity contribution < 1.29 is 33.8 Å². The number of carbonyl (C=O) groups is 4. The molecule has 0 saturated heterocycles. The molecule has 3 amide bonds. The van der Waals surface area contributed by atoms with Crippen LogP contribution in [0.3, 0.4) is 0 Å². The van der Waals surface area contributed by atoms with Gasteiger partial charge >= 0.3 is 12.1 Å². The van der Waals surface area contributed by atoms with E-state index in [-0.39, 0.29) is 37.8 Å². The lowest BCUT2D eigenvalue weighted by Crippen LogP contribution is -2.54. The number of rotatable bonds is 12. The van der Waals surface area contributed by atoms with Crippen molar-refractivity contribution in [3.8, 4) is 18.1 Å². The van der Waals surface area contributed by atoms with E-state index in [1.54, 1.807) is 64.1 Å². The number of terminal acetylenes is 1. The molecule has 0 heterocycles. The summed E-state index contributed by atoms with van der Waals surface area (Å²) in [6.45, 7) is 7.07. The van der Waals surface area contributed by atoms with Crippen LogP contribution in [-0.2, 0) is 30.3 Å². The first-order valence-electron chi connectivity index (χ1n) is 14.0. The third-order valence-corrected chi connectivity index (χ3v) is 6.43. The molecule has 0 bridgehead atoms. The van der Waals surface area contributed by atoms with E-state index in [9.17, 15) is 24.3 Å². The number of amides is 3. The second-order valence-corrected chi connectivity index (χ2v) is 11.0. The number of esters is 1. The first-order valence-corrected chi connectivity index (χ1v) is 14.0. The fourth-order valence-electron chi connectivity index (χ4n) is 4.47. The van der Waals surface area contributed by atoms with Gasteiger partial charge < -0.3 is 30.1 Å². The Morgan fingerprint density at radius 2 is 1.76 bits per heavy atom. The summed E-state index contributed by atoms with van der Waals surface area (Å²) in [5.41, 5.74) is 0.767. The Labute approximate surface area is 246 Å². The van der Waals surface area contributed by atoms with Crippen LogP contribution in [0.25, 0.3) is 0 Å². The number of nitrogens with one attached hydrogen (secondary N) is 2. The minimum absolute atomic E-state index is 0.00613. The van der Waals surface area contributed by atoms with Gasteiger partial charge in [-0.05, 0) is 69.9 Å². The molecule has 1 aliphatic rings. The van der Waals surface area contributed by atoms with Crippen molar-refractivity contribution in [1.82, 2.24) is 15.5 Å². The number of carbonyl (C=O) groups excluding carboxylic acids is 4. The number of nitrogens with zero attached hydrogens (tertiary/aromatic N) is 1. The molecule has 2 atom stereocenters. The molecular weight excluding hydrogens is 538 g/mol. The van der Waals surface area contributed by atoms with Crippen molar-refractivity contribution in [2.45, 2.75) is 77.1 Å². The fourth-order valence-corrected chi connectivity index (χ4v) is 4.47. The quantitative estimate of drug-likeness (QED) is 0.259. The van der Waals surface area contributed by atoms with E-state index in [2.05, 4.69) is 16.6 Å². The molecule has 3 N–H and O–H groups in total. The van der Waals surface area contributed by atoms with Gasteiger partial charge in [-0.1, -0.05) is 36.3 Å². The molecule has 2 aromatic carbocycles. The van der Waals surface area contributed by atoms with Gasteiger partial charge in [0.25, 0.3) is 0 Å². The Hall–Kier alpha value is -4.52. The van der Waals surface area contributed by atoms with Crippen LogP contribution in [0.1, 0.15) is 69.7 Å². The summed E-state index contributed by atoms with van der Waals surface area (Å²) in [6, 6.07) is 10.7. The molecule has 0 radical (unpaired) electrons. The lowest BCUT2D eigenvalue weighted by Gasteiger charge is -2.35. The summed E-state index contributed by atoms with van der Waals surface area (Å²) in [5.74, 6) is 1.21. The molecule has 0 aliphatic heterocycles. The van der Waals surface area contributed by atoms with Crippen LogP contribution in [0.4, 0.5) is 4.79 Å². The molecule has 2 aromatic rings. The average Bonchev–Trinajstić information content (AvgIpc) is 3.76. The molecule has 0 spiro atoms. The fraction of sp³-hybridized carbons (Fsp3) is 0.438. The van der Waals surface area contributed by atoms with Crippen LogP contribution in [0.5, 0.6) is 5.75 Å². The van der Waals surface area contributed by atoms with E-state index in [4.69, 9.17) is 15.9 Å². The maximum Gasteiger partial charge on any atom is 0.408 e. The van der Waals surface area contributed by atoms with Gasteiger partial charge in [0.1, 0.15) is 23.4 Å². The Morgan fingerprint density at radius 3 is 2.36 bits per heavy atom. The average molecular weight is 578 g/mol. The van der Waals surface area contributed by atoms with Crippen molar-refractivity contribution in [1.29, 1.82) is 0 Å². The van der Waals surface area contributed by atoms with Gasteiger partial charge in [0.05, 0.1) is 13.0 Å². The van der Waals surface area contributed by atoms with E-state index < -0.39 is 41.6 Å². The van der Waals surface area contributed by atoms with Crippen molar-refractivity contribution >= 4 is 23.9 Å². The van der Waals surface area contributed by atoms with Gasteiger partial charge in [-0.2, -0.15) is 0 Å². The highest BCUT2D eigenvalue weighted by Gasteiger charge is 2.44. The minimum atomic E-state index is -1.12. The van der Waals surface area contributed by atoms with E-state index >= 15 is 0 Å². The second-order valence-electron chi connectivity index (χ2n) is 11.0. The summed E-state index contributed by atoms with van der Waals surface area (Å²) in [5, 5.41) is 15.2. The molecule has 3 rings (SSSR count). The van der Waals surface area contributed by atoms with Crippen molar-refractivity contribution in [3.05, 3.63) is 65.2 Å². The molecule has 1 aliphatic carbocycles. The molecule has 224 valence electrons. The van der Waals surface area contributed by atoms with Crippen LogP contribution >= 0.6 is 0 Å². The van der Waals surface area contributed by atoms with Gasteiger partial charge in [-0.3, -0.25) is 14.4 Å². The van der Waals surface area contributed by atoms with Crippen LogP contribution in [0, 0.1) is 12.3 Å². The van der Waals surface area contributed by atoms with Crippen LogP contribution in [0.2, 0.25) is 0 Å². The van der Waals surface area contributed by atoms with Gasteiger partial charge in [-0.15, -0.1) is 6.42 Å². The van der Waals surface area contributed by atoms with E-state index in [0.717, 1.165) is 0 Å². The van der Waals surface area contributed by atoms with Gasteiger partial charge in [0, 0.05) is 24.6 Å². The van der Waals surface area contributed by atoms with Crippen LogP contribution < -0.4 is 10.6 Å². The highest BCUT2D eigenvalue weighted by atomic mass is 16.6. The molecule has 10 heteroatoms. The van der Waals surface area contributed by atoms with Gasteiger partial charge in [0.15, 0.2) is 0 Å². The van der Waals surface area contributed by atoms with E-state index in [1.165, 1.54) is 17.0 Å². The smallest absolute Gasteiger partial charge is 0.408 e. The highest BCUT2D eigenvalue weighted by Crippen LogP contribution is 2.37. The highest BCUT2D eigenvalue weighted by molar-refractivity contribution is 5.93. The van der Waals surface area contributed by atoms with Crippen LogP contribution in [-0.4, -0.2) is 64.7 Å². The first kappa shape index (κ1) is 32.0. The summed E-state index contributed by atoms with van der Waals surface area (Å²) < 4.78 is 10.4. The molecule has 0 aromatic heterocycles. The third-order valence-electron chi connectivity index (χ3n) is 6.43. The van der Waals surface area contributed by atoms with Crippen molar-refractivity contribution in [2.75, 3.05) is 13.2 Å². The Morgan fingerprint density at radius 1 is 1.10 bits per heavy atom. The molecule has 42 heavy (non-hydrogen) atoms. The Kier molecular flexibility index (Phi) is 11.0. The molecule has 1 fully saturated rings. The monoisotopic (exact) mass is 577 g/mol. The molecule has 1 saturated carbocycles. The molecular formula is C32H39N3O7. The predicted molar refractivity (Wildman–Crippen MR) is 156 cm³/mol. The number of ether oxygens (including phenoxy) is 2. The number of benzene rings is 2. The van der Waals surface area contributed by atoms with Crippen molar-refractivity contribution in [3.63, 3.8) is 0 Å². The zero-order chi connectivity index (χ0) is 30.9. The van der Waals surface area contributed by atoms with E-state index in [0.29, 0.717) is 29.5 Å². The summed E-state index contributed by atoms with van der Waals surface area (Å²) in [4.78, 5) is 54.4. The predicted octanol–water partition coefficient (Wildman–Crippen LogP) is 3.61. The lowest BCUT2D eigenvalue weighted by molar-refractivity contribution is -0.144. The topological polar surface area (TPSA) is 134 Å². The Balaban J connectivity index is 2.00.